The van der Waals surface area contributed by atoms with Crippen molar-refractivity contribution in [2.24, 2.45) is 7.05 Å². The molecule has 1 saturated heterocycles. The standard InChI is InChI=1S/C21H23N7O2/c1-13-18(10-15-11-22-25-19(15)23-13)28-7-5-27(6-8-28)12-14-3-4-16-17(9-14)24-21(30)26(2)20(16)29/h3-4,9-11H,5-8,12H2,1-2H3,(H,24,30)(H,22,23,25). The number of hydrogen-bond acceptors (Lipinski definition) is 6. The molecule has 0 atom stereocenters. The molecule has 1 aromatic carbocycles. The van der Waals surface area contributed by atoms with Crippen LogP contribution < -0.4 is 16.1 Å². The number of fused-ring (bicyclic) bond motifs is 2. The topological polar surface area (TPSA) is 103 Å². The summed E-state index contributed by atoms with van der Waals surface area (Å²) < 4.78 is 1.10. The SMILES string of the molecule is Cc1nc2[nH]ncc2cc1N1CCN(Cc2ccc3c(=O)n(C)c(=O)[nH]c3c2)CC1. The first-order valence-electron chi connectivity index (χ1n) is 9.99. The van der Waals surface area contributed by atoms with E-state index in [0.717, 1.165) is 65.3 Å². The van der Waals surface area contributed by atoms with E-state index in [9.17, 15) is 9.59 Å². The maximum Gasteiger partial charge on any atom is 0.328 e. The second-order valence-electron chi connectivity index (χ2n) is 7.84. The van der Waals surface area contributed by atoms with Gasteiger partial charge in [0.15, 0.2) is 5.65 Å². The molecule has 0 bridgehead atoms. The number of aromatic amines is 2. The fraction of sp³-hybridized carbons (Fsp3) is 0.333. The number of aryl methyl sites for hydroxylation is 1. The minimum atomic E-state index is -0.392. The molecular formula is C21H23N7O2. The van der Waals surface area contributed by atoms with Gasteiger partial charge in [-0.2, -0.15) is 5.10 Å². The Hall–Kier alpha value is -3.46. The second-order valence-corrected chi connectivity index (χ2v) is 7.84. The van der Waals surface area contributed by atoms with Crippen LogP contribution in [0, 0.1) is 6.92 Å². The van der Waals surface area contributed by atoms with Gasteiger partial charge in [0, 0.05) is 45.2 Å². The van der Waals surface area contributed by atoms with Crippen LogP contribution in [0.1, 0.15) is 11.3 Å². The molecule has 4 heterocycles. The Balaban J connectivity index is 1.31. The lowest BCUT2D eigenvalue weighted by Gasteiger charge is -2.36. The molecule has 4 aromatic rings. The molecule has 1 aliphatic heterocycles. The van der Waals surface area contributed by atoms with Gasteiger partial charge in [-0.1, -0.05) is 6.07 Å². The number of nitrogens with zero attached hydrogens (tertiary/aromatic N) is 5. The van der Waals surface area contributed by atoms with E-state index in [4.69, 9.17) is 0 Å². The van der Waals surface area contributed by atoms with Crippen molar-refractivity contribution in [2.45, 2.75) is 13.5 Å². The summed E-state index contributed by atoms with van der Waals surface area (Å²) in [5.41, 5.74) is 3.98. The molecule has 0 aliphatic carbocycles. The van der Waals surface area contributed by atoms with Crippen molar-refractivity contribution in [1.82, 2.24) is 29.6 Å². The van der Waals surface area contributed by atoms with Crippen molar-refractivity contribution in [1.29, 1.82) is 0 Å². The summed E-state index contributed by atoms with van der Waals surface area (Å²) in [4.78, 5) is 36.3. The van der Waals surface area contributed by atoms with Crippen LogP contribution in [0.25, 0.3) is 21.9 Å². The van der Waals surface area contributed by atoms with E-state index in [1.807, 2.05) is 19.1 Å². The molecule has 9 heteroatoms. The Morgan fingerprint density at radius 1 is 1.10 bits per heavy atom. The van der Waals surface area contributed by atoms with Crippen LogP contribution in [-0.4, -0.2) is 55.8 Å². The van der Waals surface area contributed by atoms with Gasteiger partial charge in [-0.15, -0.1) is 0 Å². The third-order valence-corrected chi connectivity index (χ3v) is 5.87. The Kier molecular flexibility index (Phi) is 4.39. The third-order valence-electron chi connectivity index (χ3n) is 5.87. The largest absolute Gasteiger partial charge is 0.367 e. The zero-order valence-corrected chi connectivity index (χ0v) is 17.0. The van der Waals surface area contributed by atoms with Gasteiger partial charge in [0.05, 0.1) is 28.5 Å². The molecule has 5 rings (SSSR count). The van der Waals surface area contributed by atoms with Crippen LogP contribution in [0.3, 0.4) is 0 Å². The zero-order valence-electron chi connectivity index (χ0n) is 17.0. The number of piperazine rings is 1. The molecular weight excluding hydrogens is 382 g/mol. The lowest BCUT2D eigenvalue weighted by Crippen LogP contribution is -2.46. The molecule has 30 heavy (non-hydrogen) atoms. The zero-order chi connectivity index (χ0) is 20.8. The fourth-order valence-corrected chi connectivity index (χ4v) is 4.14. The number of nitrogens with one attached hydrogen (secondary N) is 2. The summed E-state index contributed by atoms with van der Waals surface area (Å²) >= 11 is 0. The van der Waals surface area contributed by atoms with Crippen molar-refractivity contribution in [3.05, 3.63) is 62.6 Å². The normalized spacial score (nSPS) is 15.3. The monoisotopic (exact) mass is 405 g/mol. The van der Waals surface area contributed by atoms with Gasteiger partial charge in [-0.05, 0) is 30.7 Å². The van der Waals surface area contributed by atoms with E-state index in [2.05, 4.69) is 36.0 Å². The van der Waals surface area contributed by atoms with Gasteiger partial charge in [-0.25, -0.2) is 9.78 Å². The predicted octanol–water partition coefficient (Wildman–Crippen LogP) is 1.13. The van der Waals surface area contributed by atoms with E-state index < -0.39 is 5.69 Å². The lowest BCUT2D eigenvalue weighted by molar-refractivity contribution is 0.250. The highest BCUT2D eigenvalue weighted by Gasteiger charge is 2.20. The summed E-state index contributed by atoms with van der Waals surface area (Å²) in [6.45, 7) is 6.48. The quantitative estimate of drug-likeness (QED) is 0.530. The highest BCUT2D eigenvalue weighted by atomic mass is 16.2. The average Bonchev–Trinajstić information content (AvgIpc) is 3.19. The number of anilines is 1. The van der Waals surface area contributed by atoms with Crippen LogP contribution in [0.4, 0.5) is 5.69 Å². The van der Waals surface area contributed by atoms with E-state index in [1.54, 1.807) is 12.3 Å². The molecule has 2 N–H and O–H groups in total. The summed E-state index contributed by atoms with van der Waals surface area (Å²) in [7, 11) is 1.48. The number of H-pyrrole nitrogens is 2. The number of benzene rings is 1. The molecule has 0 radical (unpaired) electrons. The summed E-state index contributed by atoms with van der Waals surface area (Å²) in [6, 6.07) is 7.83. The number of pyridine rings is 1. The molecule has 3 aromatic heterocycles. The Morgan fingerprint density at radius 2 is 1.90 bits per heavy atom. The van der Waals surface area contributed by atoms with Crippen LogP contribution in [0.15, 0.2) is 40.1 Å². The Labute approximate surface area is 172 Å². The molecule has 0 amide bonds. The maximum absolute atomic E-state index is 12.2. The van der Waals surface area contributed by atoms with E-state index in [-0.39, 0.29) is 5.56 Å². The van der Waals surface area contributed by atoms with Crippen molar-refractivity contribution >= 4 is 27.6 Å². The van der Waals surface area contributed by atoms with Gasteiger partial charge in [0.1, 0.15) is 0 Å². The van der Waals surface area contributed by atoms with Crippen molar-refractivity contribution < 1.29 is 0 Å². The predicted molar refractivity (Wildman–Crippen MR) is 116 cm³/mol. The molecule has 0 unspecified atom stereocenters. The van der Waals surface area contributed by atoms with Gasteiger partial charge in [0.2, 0.25) is 0 Å². The lowest BCUT2D eigenvalue weighted by atomic mass is 10.1. The number of hydrogen-bond donors (Lipinski definition) is 2. The molecule has 1 fully saturated rings. The van der Waals surface area contributed by atoms with Gasteiger partial charge in [0.25, 0.3) is 5.56 Å². The molecule has 154 valence electrons. The minimum absolute atomic E-state index is 0.271. The number of aromatic nitrogens is 5. The first kappa shape index (κ1) is 18.6. The van der Waals surface area contributed by atoms with Crippen molar-refractivity contribution in [3.8, 4) is 0 Å². The van der Waals surface area contributed by atoms with Crippen LogP contribution in [-0.2, 0) is 13.6 Å². The first-order valence-corrected chi connectivity index (χ1v) is 9.99. The van der Waals surface area contributed by atoms with Gasteiger partial charge in [-0.3, -0.25) is 19.4 Å². The average molecular weight is 405 g/mol. The highest BCUT2D eigenvalue weighted by molar-refractivity contribution is 5.79. The summed E-state index contributed by atoms with van der Waals surface area (Å²) in [5.74, 6) is 0. The van der Waals surface area contributed by atoms with Crippen molar-refractivity contribution in [2.75, 3.05) is 31.1 Å². The summed E-state index contributed by atoms with van der Waals surface area (Å²) in [5, 5.41) is 8.54. The maximum atomic E-state index is 12.2. The molecule has 9 nitrogen and oxygen atoms in total. The van der Waals surface area contributed by atoms with Gasteiger partial charge >= 0.3 is 5.69 Å². The van der Waals surface area contributed by atoms with E-state index >= 15 is 0 Å². The van der Waals surface area contributed by atoms with E-state index in [1.165, 1.54) is 7.05 Å². The van der Waals surface area contributed by atoms with Crippen LogP contribution in [0.2, 0.25) is 0 Å². The molecule has 1 aliphatic rings. The highest BCUT2D eigenvalue weighted by Crippen LogP contribution is 2.24. The minimum Gasteiger partial charge on any atom is -0.367 e. The van der Waals surface area contributed by atoms with E-state index in [0.29, 0.717) is 10.9 Å². The van der Waals surface area contributed by atoms with Crippen LogP contribution in [0.5, 0.6) is 0 Å². The Bertz CT molecular complexity index is 1360. The summed E-state index contributed by atoms with van der Waals surface area (Å²) in [6.07, 6.45) is 1.80. The first-order chi connectivity index (χ1) is 14.5. The second kappa shape index (κ2) is 7.10. The van der Waals surface area contributed by atoms with Crippen LogP contribution >= 0.6 is 0 Å². The molecule has 0 spiro atoms. The Morgan fingerprint density at radius 3 is 2.70 bits per heavy atom. The fourth-order valence-electron chi connectivity index (χ4n) is 4.14. The third kappa shape index (κ3) is 3.17. The smallest absolute Gasteiger partial charge is 0.328 e. The van der Waals surface area contributed by atoms with Gasteiger partial charge < -0.3 is 9.88 Å². The number of rotatable bonds is 3. The van der Waals surface area contributed by atoms with Crippen molar-refractivity contribution in [3.63, 3.8) is 0 Å². The molecule has 0 saturated carbocycles.